The van der Waals surface area contributed by atoms with Gasteiger partial charge in [-0.05, 0) is 33.0 Å². The van der Waals surface area contributed by atoms with E-state index in [-0.39, 0.29) is 12.1 Å². The van der Waals surface area contributed by atoms with Crippen LogP contribution in [0, 0.1) is 0 Å². The van der Waals surface area contributed by atoms with Gasteiger partial charge in [-0.2, -0.15) is 0 Å². The Bertz CT molecular complexity index is 629. The van der Waals surface area contributed by atoms with E-state index in [2.05, 4.69) is 10.6 Å². The Morgan fingerprint density at radius 2 is 2.17 bits per heavy atom. The third kappa shape index (κ3) is 4.70. The number of halogens is 1. The van der Waals surface area contributed by atoms with Crippen LogP contribution in [-0.2, 0) is 16.1 Å². The first-order valence-electron chi connectivity index (χ1n) is 7.31. The highest BCUT2D eigenvalue weighted by molar-refractivity contribution is 7.16. The topological polar surface area (TPSA) is 70.7 Å². The number of urea groups is 1. The Labute approximate surface area is 144 Å². The van der Waals surface area contributed by atoms with Gasteiger partial charge in [0.05, 0.1) is 22.6 Å². The van der Waals surface area contributed by atoms with E-state index < -0.39 is 5.97 Å². The van der Waals surface area contributed by atoms with Crippen LogP contribution in [-0.4, -0.2) is 43.1 Å². The van der Waals surface area contributed by atoms with Crippen LogP contribution in [0.25, 0.3) is 0 Å². The fourth-order valence-corrected chi connectivity index (χ4v) is 3.60. The zero-order chi connectivity index (χ0) is 17.0. The van der Waals surface area contributed by atoms with E-state index in [1.54, 1.807) is 13.8 Å². The molecule has 0 bridgehead atoms. The summed E-state index contributed by atoms with van der Waals surface area (Å²) in [6.45, 7) is 4.92. The fraction of sp³-hybridized carbons (Fsp3) is 0.467. The number of ether oxygens (including phenoxy) is 1. The summed E-state index contributed by atoms with van der Waals surface area (Å²) in [6.07, 6.45) is 0. The summed E-state index contributed by atoms with van der Waals surface area (Å²) in [6, 6.07) is 3.12. The first-order valence-corrected chi connectivity index (χ1v) is 8.50. The van der Waals surface area contributed by atoms with E-state index in [0.717, 1.165) is 9.21 Å². The largest absolute Gasteiger partial charge is 0.463 e. The molecule has 1 aromatic rings. The maximum absolute atomic E-state index is 12.2. The Kier molecular flexibility index (Phi) is 6.04. The van der Waals surface area contributed by atoms with Crippen LogP contribution in [0.4, 0.5) is 4.79 Å². The van der Waals surface area contributed by atoms with E-state index in [9.17, 15) is 9.59 Å². The molecule has 126 valence electrons. The number of nitrogens with one attached hydrogen (secondary N) is 2. The second-order valence-corrected chi connectivity index (χ2v) is 7.11. The number of nitrogens with zero attached hydrogens (tertiary/aromatic N) is 1. The molecule has 0 saturated heterocycles. The van der Waals surface area contributed by atoms with Gasteiger partial charge in [0.1, 0.15) is 0 Å². The van der Waals surface area contributed by atoms with Gasteiger partial charge >= 0.3 is 12.0 Å². The normalized spacial score (nSPS) is 18.0. The predicted octanol–water partition coefficient (Wildman–Crippen LogP) is 2.35. The minimum Gasteiger partial charge on any atom is -0.463 e. The van der Waals surface area contributed by atoms with Gasteiger partial charge in [0.2, 0.25) is 0 Å². The van der Waals surface area contributed by atoms with E-state index in [1.807, 2.05) is 24.1 Å². The summed E-state index contributed by atoms with van der Waals surface area (Å²) in [5.74, 6) is -0.407. The van der Waals surface area contributed by atoms with Gasteiger partial charge in [-0.3, -0.25) is 4.90 Å². The Morgan fingerprint density at radius 3 is 2.78 bits per heavy atom. The molecule has 0 spiro atoms. The maximum Gasteiger partial charge on any atom is 0.337 e. The van der Waals surface area contributed by atoms with Gasteiger partial charge in [0.15, 0.2) is 0 Å². The van der Waals surface area contributed by atoms with Gasteiger partial charge in [0, 0.05) is 23.7 Å². The first-order chi connectivity index (χ1) is 10.9. The van der Waals surface area contributed by atoms with Gasteiger partial charge < -0.3 is 15.4 Å². The third-order valence-electron chi connectivity index (χ3n) is 3.35. The lowest BCUT2D eigenvalue weighted by Gasteiger charge is -2.28. The summed E-state index contributed by atoms with van der Waals surface area (Å²) in [7, 11) is 1.92. The Hall–Kier alpha value is -1.57. The molecule has 0 aliphatic carbocycles. The molecule has 0 fully saturated rings. The van der Waals surface area contributed by atoms with Crippen LogP contribution in [0.3, 0.4) is 0 Å². The lowest BCUT2D eigenvalue weighted by molar-refractivity contribution is -0.139. The minimum atomic E-state index is -0.407. The van der Waals surface area contributed by atoms with Crippen molar-refractivity contribution in [2.45, 2.75) is 26.4 Å². The number of carbonyl (C=O) groups is 2. The van der Waals surface area contributed by atoms with Crippen molar-refractivity contribution >= 4 is 34.9 Å². The fourth-order valence-electron chi connectivity index (χ4n) is 2.43. The molecule has 0 radical (unpaired) electrons. The molecule has 6 nitrogen and oxygen atoms in total. The SMILES string of the molecule is CCOC(=O)C1=C(CN(C)Cc2ccc(Cl)s2)NC(=O)N[C@@H]1C. The number of thiophene rings is 1. The number of carbonyl (C=O) groups excluding carboxylic acids is 2. The number of hydrogen-bond acceptors (Lipinski definition) is 5. The molecule has 0 aromatic carbocycles. The Balaban J connectivity index is 2.15. The second-order valence-electron chi connectivity index (χ2n) is 5.31. The lowest BCUT2D eigenvalue weighted by atomic mass is 10.0. The molecule has 1 aliphatic rings. The summed E-state index contributed by atoms with van der Waals surface area (Å²) < 4.78 is 5.84. The summed E-state index contributed by atoms with van der Waals surface area (Å²) in [4.78, 5) is 27.0. The maximum atomic E-state index is 12.2. The van der Waals surface area contributed by atoms with Crippen molar-refractivity contribution in [3.05, 3.63) is 32.6 Å². The van der Waals surface area contributed by atoms with Crippen molar-refractivity contribution in [2.24, 2.45) is 0 Å². The van der Waals surface area contributed by atoms with E-state index >= 15 is 0 Å². The van der Waals surface area contributed by atoms with E-state index in [0.29, 0.717) is 31.0 Å². The molecular formula is C15H20ClN3O3S. The molecule has 2 rings (SSSR count). The molecule has 0 unspecified atom stereocenters. The lowest BCUT2D eigenvalue weighted by Crippen LogP contribution is -2.51. The highest BCUT2D eigenvalue weighted by atomic mass is 35.5. The molecule has 2 heterocycles. The summed E-state index contributed by atoms with van der Waals surface area (Å²) in [5.41, 5.74) is 1.03. The monoisotopic (exact) mass is 357 g/mol. The molecule has 1 atom stereocenters. The van der Waals surface area contributed by atoms with Crippen LogP contribution < -0.4 is 10.6 Å². The van der Waals surface area contributed by atoms with Gasteiger partial charge in [-0.25, -0.2) is 9.59 Å². The van der Waals surface area contributed by atoms with Gasteiger partial charge in [0.25, 0.3) is 0 Å². The van der Waals surface area contributed by atoms with Crippen molar-refractivity contribution in [2.75, 3.05) is 20.2 Å². The smallest absolute Gasteiger partial charge is 0.337 e. The molecule has 2 amide bonds. The van der Waals surface area contributed by atoms with Crippen molar-refractivity contribution in [3.8, 4) is 0 Å². The number of esters is 1. The first kappa shape index (κ1) is 17.8. The average molecular weight is 358 g/mol. The van der Waals surface area contributed by atoms with Crippen LogP contribution in [0.5, 0.6) is 0 Å². The van der Waals surface area contributed by atoms with E-state index in [4.69, 9.17) is 16.3 Å². The number of likely N-dealkylation sites (N-methyl/N-ethyl adjacent to an activating group) is 1. The van der Waals surface area contributed by atoms with Crippen LogP contribution in [0.2, 0.25) is 4.34 Å². The molecule has 1 aromatic heterocycles. The minimum absolute atomic E-state index is 0.291. The number of rotatable bonds is 6. The molecule has 8 heteroatoms. The van der Waals surface area contributed by atoms with E-state index in [1.165, 1.54) is 11.3 Å². The average Bonchev–Trinajstić information content (AvgIpc) is 2.83. The van der Waals surface area contributed by atoms with Crippen molar-refractivity contribution in [1.29, 1.82) is 0 Å². The molecule has 1 aliphatic heterocycles. The van der Waals surface area contributed by atoms with Crippen LogP contribution in [0.1, 0.15) is 18.7 Å². The van der Waals surface area contributed by atoms with Crippen molar-refractivity contribution < 1.29 is 14.3 Å². The highest BCUT2D eigenvalue weighted by Gasteiger charge is 2.30. The molecule has 0 saturated carbocycles. The van der Waals surface area contributed by atoms with Crippen molar-refractivity contribution in [3.63, 3.8) is 0 Å². The summed E-state index contributed by atoms with van der Waals surface area (Å²) in [5, 5.41) is 5.40. The van der Waals surface area contributed by atoms with Crippen molar-refractivity contribution in [1.82, 2.24) is 15.5 Å². The third-order valence-corrected chi connectivity index (χ3v) is 4.56. The van der Waals surface area contributed by atoms with Crippen LogP contribution in [0.15, 0.2) is 23.4 Å². The van der Waals surface area contributed by atoms with Gasteiger partial charge in [-0.1, -0.05) is 11.6 Å². The Morgan fingerprint density at radius 1 is 1.43 bits per heavy atom. The highest BCUT2D eigenvalue weighted by Crippen LogP contribution is 2.23. The standard InChI is InChI=1S/C15H20ClN3O3S/c1-4-22-14(20)13-9(2)17-15(21)18-11(13)8-19(3)7-10-5-6-12(16)23-10/h5-6,9H,4,7-8H2,1-3H3,(H2,17,18,21)/t9-/m1/s1. The zero-order valence-electron chi connectivity index (χ0n) is 13.3. The quantitative estimate of drug-likeness (QED) is 0.767. The molecular weight excluding hydrogens is 338 g/mol. The predicted molar refractivity (Wildman–Crippen MR) is 90.5 cm³/mol. The van der Waals surface area contributed by atoms with Crippen LogP contribution >= 0.6 is 22.9 Å². The second kappa shape index (κ2) is 7.81. The van der Waals surface area contributed by atoms with Gasteiger partial charge in [-0.15, -0.1) is 11.3 Å². The number of hydrogen-bond donors (Lipinski definition) is 2. The summed E-state index contributed by atoms with van der Waals surface area (Å²) >= 11 is 7.45. The molecule has 2 N–H and O–H groups in total. The number of amides is 2. The zero-order valence-corrected chi connectivity index (χ0v) is 14.9. The molecule has 23 heavy (non-hydrogen) atoms.